The molecule has 3 aromatic heterocycles. The average Bonchev–Trinajstić information content (AvgIpc) is 2.49. The lowest BCUT2D eigenvalue weighted by Crippen LogP contribution is -1.90. The number of aromatic nitrogens is 4. The second-order valence-corrected chi connectivity index (χ2v) is 4.64. The molecule has 0 saturated carbocycles. The summed E-state index contributed by atoms with van der Waals surface area (Å²) in [6.07, 6.45) is 7.29. The van der Waals surface area contributed by atoms with Crippen molar-refractivity contribution in [2.45, 2.75) is 13.8 Å². The predicted octanol–water partition coefficient (Wildman–Crippen LogP) is 3.22. The largest absolute Gasteiger partial charge is 0.261 e. The van der Waals surface area contributed by atoms with E-state index in [-0.39, 0.29) is 0 Å². The zero-order valence-corrected chi connectivity index (χ0v) is 11.4. The summed E-state index contributed by atoms with van der Waals surface area (Å²) in [6.45, 7) is 3.84. The van der Waals surface area contributed by atoms with E-state index in [0.29, 0.717) is 0 Å². The molecule has 0 radical (unpaired) electrons. The lowest BCUT2D eigenvalue weighted by molar-refractivity contribution is 1.05. The van der Waals surface area contributed by atoms with Crippen LogP contribution in [0.2, 0.25) is 0 Å². The van der Waals surface area contributed by atoms with Gasteiger partial charge in [0.05, 0.1) is 5.69 Å². The van der Waals surface area contributed by atoms with E-state index in [1.54, 1.807) is 12.4 Å². The van der Waals surface area contributed by atoms with Gasteiger partial charge in [0.25, 0.3) is 0 Å². The topological polar surface area (TPSA) is 51.6 Å². The molecule has 0 aliphatic rings. The van der Waals surface area contributed by atoms with E-state index in [4.69, 9.17) is 0 Å². The zero-order valence-electron chi connectivity index (χ0n) is 11.4. The Hall–Kier alpha value is -2.62. The summed E-state index contributed by atoms with van der Waals surface area (Å²) in [7, 11) is 0. The molecule has 0 amide bonds. The Kier molecular flexibility index (Phi) is 3.21. The van der Waals surface area contributed by atoms with Gasteiger partial charge < -0.3 is 0 Å². The number of aryl methyl sites for hydroxylation is 2. The Morgan fingerprint density at radius 1 is 0.600 bits per heavy atom. The fourth-order valence-corrected chi connectivity index (χ4v) is 1.90. The van der Waals surface area contributed by atoms with Gasteiger partial charge in [0.2, 0.25) is 0 Å². The van der Waals surface area contributed by atoms with E-state index in [0.717, 1.165) is 33.9 Å². The number of hydrogen-bond donors (Lipinski definition) is 0. The molecular formula is C16H14N4. The second-order valence-electron chi connectivity index (χ2n) is 4.64. The molecule has 0 atom stereocenters. The molecule has 0 saturated heterocycles. The van der Waals surface area contributed by atoms with Gasteiger partial charge in [-0.25, -0.2) is 9.97 Å². The van der Waals surface area contributed by atoms with Gasteiger partial charge in [0, 0.05) is 47.2 Å². The summed E-state index contributed by atoms with van der Waals surface area (Å²) in [4.78, 5) is 17.1. The second kappa shape index (κ2) is 5.17. The quantitative estimate of drug-likeness (QED) is 0.711. The molecule has 0 aromatic carbocycles. The summed E-state index contributed by atoms with van der Waals surface area (Å²) < 4.78 is 0. The molecule has 3 aromatic rings. The SMILES string of the molecule is Cc1ccc(-c2ccc(-c3cnc(C)nc3)nc2)cn1. The predicted molar refractivity (Wildman–Crippen MR) is 78.0 cm³/mol. The van der Waals surface area contributed by atoms with E-state index in [9.17, 15) is 0 Å². The van der Waals surface area contributed by atoms with Crippen LogP contribution >= 0.6 is 0 Å². The number of rotatable bonds is 2. The molecule has 4 heteroatoms. The molecule has 98 valence electrons. The molecule has 0 fully saturated rings. The van der Waals surface area contributed by atoms with Crippen LogP contribution in [-0.4, -0.2) is 19.9 Å². The molecule has 20 heavy (non-hydrogen) atoms. The van der Waals surface area contributed by atoms with Gasteiger partial charge in [0.15, 0.2) is 0 Å². The maximum atomic E-state index is 4.47. The van der Waals surface area contributed by atoms with Crippen LogP contribution in [0.4, 0.5) is 0 Å². The minimum Gasteiger partial charge on any atom is -0.261 e. The molecule has 0 N–H and O–H groups in total. The van der Waals surface area contributed by atoms with Crippen molar-refractivity contribution >= 4 is 0 Å². The smallest absolute Gasteiger partial charge is 0.125 e. The normalized spacial score (nSPS) is 10.5. The van der Waals surface area contributed by atoms with Gasteiger partial charge in [-0.05, 0) is 26.0 Å². The van der Waals surface area contributed by atoms with Gasteiger partial charge in [-0.1, -0.05) is 12.1 Å². The molecule has 3 rings (SSSR count). The lowest BCUT2D eigenvalue weighted by atomic mass is 10.1. The van der Waals surface area contributed by atoms with Crippen LogP contribution in [-0.2, 0) is 0 Å². The fourth-order valence-electron chi connectivity index (χ4n) is 1.90. The highest BCUT2D eigenvalue weighted by molar-refractivity contribution is 5.65. The zero-order chi connectivity index (χ0) is 13.9. The molecular weight excluding hydrogens is 248 g/mol. The number of nitrogens with zero attached hydrogens (tertiary/aromatic N) is 4. The van der Waals surface area contributed by atoms with Crippen LogP contribution < -0.4 is 0 Å². The van der Waals surface area contributed by atoms with Crippen LogP contribution in [0.5, 0.6) is 0 Å². The van der Waals surface area contributed by atoms with Gasteiger partial charge in [-0.2, -0.15) is 0 Å². The van der Waals surface area contributed by atoms with Gasteiger partial charge in [0.1, 0.15) is 5.82 Å². The van der Waals surface area contributed by atoms with Crippen molar-refractivity contribution in [3.8, 4) is 22.4 Å². The highest BCUT2D eigenvalue weighted by Crippen LogP contribution is 2.21. The van der Waals surface area contributed by atoms with E-state index in [1.807, 2.05) is 50.5 Å². The first-order chi connectivity index (χ1) is 9.72. The van der Waals surface area contributed by atoms with Crippen molar-refractivity contribution < 1.29 is 0 Å². The number of hydrogen-bond acceptors (Lipinski definition) is 4. The highest BCUT2D eigenvalue weighted by Gasteiger charge is 2.02. The Balaban J connectivity index is 1.91. The maximum absolute atomic E-state index is 4.47. The Labute approximate surface area is 117 Å². The molecule has 0 unspecified atom stereocenters. The minimum absolute atomic E-state index is 0.760. The third-order valence-corrected chi connectivity index (χ3v) is 3.08. The van der Waals surface area contributed by atoms with Crippen molar-refractivity contribution in [3.63, 3.8) is 0 Å². The summed E-state index contributed by atoms with van der Waals surface area (Å²) in [6, 6.07) is 8.06. The lowest BCUT2D eigenvalue weighted by Gasteiger charge is -2.04. The van der Waals surface area contributed by atoms with E-state index >= 15 is 0 Å². The maximum Gasteiger partial charge on any atom is 0.125 e. The van der Waals surface area contributed by atoms with Crippen molar-refractivity contribution in [1.82, 2.24) is 19.9 Å². The van der Waals surface area contributed by atoms with E-state index in [2.05, 4.69) is 19.9 Å². The molecule has 0 aliphatic carbocycles. The Morgan fingerprint density at radius 3 is 1.75 bits per heavy atom. The summed E-state index contributed by atoms with van der Waals surface area (Å²) in [5.74, 6) is 0.760. The van der Waals surface area contributed by atoms with E-state index in [1.165, 1.54) is 0 Å². The molecule has 4 nitrogen and oxygen atoms in total. The summed E-state index contributed by atoms with van der Waals surface area (Å²) in [5, 5.41) is 0. The third kappa shape index (κ3) is 2.54. The van der Waals surface area contributed by atoms with Crippen LogP contribution in [0.25, 0.3) is 22.4 Å². The monoisotopic (exact) mass is 262 g/mol. The summed E-state index contributed by atoms with van der Waals surface area (Å²) in [5.41, 5.74) is 4.91. The first-order valence-corrected chi connectivity index (χ1v) is 6.40. The van der Waals surface area contributed by atoms with Gasteiger partial charge in [-0.15, -0.1) is 0 Å². The summed E-state index contributed by atoms with van der Waals surface area (Å²) >= 11 is 0. The van der Waals surface area contributed by atoms with Crippen molar-refractivity contribution in [2.75, 3.05) is 0 Å². The fraction of sp³-hybridized carbons (Fsp3) is 0.125. The van der Waals surface area contributed by atoms with Crippen LogP contribution in [0.1, 0.15) is 11.5 Å². The van der Waals surface area contributed by atoms with Crippen LogP contribution in [0.3, 0.4) is 0 Å². The third-order valence-electron chi connectivity index (χ3n) is 3.08. The highest BCUT2D eigenvalue weighted by atomic mass is 14.9. The Morgan fingerprint density at radius 2 is 1.20 bits per heavy atom. The minimum atomic E-state index is 0.760. The van der Waals surface area contributed by atoms with Crippen LogP contribution in [0, 0.1) is 13.8 Å². The van der Waals surface area contributed by atoms with Gasteiger partial charge >= 0.3 is 0 Å². The molecule has 0 aliphatic heterocycles. The molecule has 0 spiro atoms. The van der Waals surface area contributed by atoms with Crippen molar-refractivity contribution in [3.05, 3.63) is 60.6 Å². The van der Waals surface area contributed by atoms with Crippen molar-refractivity contribution in [1.29, 1.82) is 0 Å². The van der Waals surface area contributed by atoms with Crippen LogP contribution in [0.15, 0.2) is 49.1 Å². The molecule has 0 bridgehead atoms. The first-order valence-electron chi connectivity index (χ1n) is 6.40. The van der Waals surface area contributed by atoms with Crippen molar-refractivity contribution in [2.24, 2.45) is 0 Å². The first kappa shape index (κ1) is 12.4. The average molecular weight is 262 g/mol. The van der Waals surface area contributed by atoms with Gasteiger partial charge in [-0.3, -0.25) is 9.97 Å². The standard InChI is InChI=1S/C16H14N4/c1-11-3-4-13(7-17-11)14-5-6-16(20-8-14)15-9-18-12(2)19-10-15/h3-10H,1-2H3. The number of pyridine rings is 2. The molecule has 3 heterocycles. The van der Waals surface area contributed by atoms with E-state index < -0.39 is 0 Å². The Bertz CT molecular complexity index is 636.